The molecular weight excluding hydrogens is 364 g/mol. The molecule has 1 amide bonds. The van der Waals surface area contributed by atoms with Gasteiger partial charge in [-0.25, -0.2) is 9.97 Å². The minimum absolute atomic E-state index is 0.000130. The fourth-order valence-corrected chi connectivity index (χ4v) is 2.91. The number of methoxy groups -OCH3 is 1. The number of para-hydroxylation sites is 2. The molecule has 0 fully saturated rings. The molecule has 29 heavy (non-hydrogen) atoms. The van der Waals surface area contributed by atoms with Gasteiger partial charge in [0, 0.05) is 5.69 Å². The van der Waals surface area contributed by atoms with Crippen LogP contribution >= 0.6 is 0 Å². The van der Waals surface area contributed by atoms with Crippen LogP contribution in [-0.2, 0) is 4.79 Å². The summed E-state index contributed by atoms with van der Waals surface area (Å²) in [6.07, 6.45) is 1.53. The van der Waals surface area contributed by atoms with E-state index in [4.69, 9.17) is 4.74 Å². The molecule has 3 aromatic carbocycles. The van der Waals surface area contributed by atoms with Gasteiger partial charge in [0.05, 0.1) is 29.2 Å². The number of amides is 1. The summed E-state index contributed by atoms with van der Waals surface area (Å²) >= 11 is 0. The van der Waals surface area contributed by atoms with E-state index < -0.39 is 5.91 Å². The SMILES string of the molecule is COc1ccc(C=C(C#N)C(=O)Nc2ccc3nc4ccccc4nc3c2)cc1. The highest BCUT2D eigenvalue weighted by Crippen LogP contribution is 2.20. The van der Waals surface area contributed by atoms with Crippen LogP contribution < -0.4 is 10.1 Å². The fourth-order valence-electron chi connectivity index (χ4n) is 2.91. The Kier molecular flexibility index (Phi) is 4.87. The Labute approximate surface area is 167 Å². The third-order valence-corrected chi connectivity index (χ3v) is 4.39. The molecule has 1 aromatic heterocycles. The van der Waals surface area contributed by atoms with E-state index in [0.29, 0.717) is 17.0 Å². The molecule has 6 heteroatoms. The van der Waals surface area contributed by atoms with Crippen LogP contribution in [0.2, 0.25) is 0 Å². The average Bonchev–Trinajstić information content (AvgIpc) is 2.76. The quantitative estimate of drug-likeness (QED) is 0.323. The molecule has 0 spiro atoms. The Bertz CT molecular complexity index is 1290. The van der Waals surface area contributed by atoms with E-state index in [1.165, 1.54) is 6.08 Å². The summed E-state index contributed by atoms with van der Waals surface area (Å²) in [4.78, 5) is 21.7. The fraction of sp³-hybridized carbons (Fsp3) is 0.0435. The maximum absolute atomic E-state index is 12.6. The lowest BCUT2D eigenvalue weighted by atomic mass is 10.1. The van der Waals surface area contributed by atoms with Gasteiger partial charge >= 0.3 is 0 Å². The Morgan fingerprint density at radius 3 is 2.28 bits per heavy atom. The molecule has 0 atom stereocenters. The van der Waals surface area contributed by atoms with E-state index in [0.717, 1.165) is 22.1 Å². The van der Waals surface area contributed by atoms with Crippen LogP contribution in [0.4, 0.5) is 5.69 Å². The number of nitriles is 1. The molecule has 0 unspecified atom stereocenters. The third kappa shape index (κ3) is 3.89. The lowest BCUT2D eigenvalue weighted by molar-refractivity contribution is -0.112. The molecule has 0 radical (unpaired) electrons. The van der Waals surface area contributed by atoms with E-state index in [-0.39, 0.29) is 5.57 Å². The van der Waals surface area contributed by atoms with Crippen molar-refractivity contribution in [3.05, 3.63) is 77.9 Å². The van der Waals surface area contributed by atoms with Crippen molar-refractivity contribution in [1.82, 2.24) is 9.97 Å². The topological polar surface area (TPSA) is 87.9 Å². The largest absolute Gasteiger partial charge is 0.497 e. The number of carbonyl (C=O) groups is 1. The standard InChI is InChI=1S/C23H16N4O2/c1-29-18-9-6-15(7-10-18)12-16(14-24)23(28)25-17-8-11-21-22(13-17)27-20-5-3-2-4-19(20)26-21/h2-13H,1H3,(H,25,28). The summed E-state index contributed by atoms with van der Waals surface area (Å²) in [5.74, 6) is 0.214. The van der Waals surface area contributed by atoms with E-state index in [2.05, 4.69) is 15.3 Å². The number of hydrogen-bond acceptors (Lipinski definition) is 5. The van der Waals surface area contributed by atoms with Crippen molar-refractivity contribution in [3.8, 4) is 11.8 Å². The number of anilines is 1. The van der Waals surface area contributed by atoms with Crippen LogP contribution in [0.1, 0.15) is 5.56 Å². The lowest BCUT2D eigenvalue weighted by Crippen LogP contribution is -2.13. The number of nitrogens with one attached hydrogen (secondary N) is 1. The number of benzene rings is 3. The molecule has 140 valence electrons. The number of fused-ring (bicyclic) bond motifs is 2. The summed E-state index contributed by atoms with van der Waals surface area (Å²) < 4.78 is 5.11. The first-order chi connectivity index (χ1) is 14.2. The van der Waals surface area contributed by atoms with Crippen LogP contribution in [0.25, 0.3) is 28.1 Å². The number of ether oxygens (including phenoxy) is 1. The number of hydrogen-bond donors (Lipinski definition) is 1. The zero-order valence-corrected chi connectivity index (χ0v) is 15.6. The predicted molar refractivity (Wildman–Crippen MR) is 112 cm³/mol. The van der Waals surface area contributed by atoms with Gasteiger partial charge in [0.1, 0.15) is 17.4 Å². The number of aromatic nitrogens is 2. The molecule has 0 aliphatic rings. The van der Waals surface area contributed by atoms with Gasteiger partial charge in [0.25, 0.3) is 5.91 Å². The monoisotopic (exact) mass is 380 g/mol. The van der Waals surface area contributed by atoms with Gasteiger partial charge in [-0.05, 0) is 54.1 Å². The Hall–Kier alpha value is -4.24. The summed E-state index contributed by atoms with van der Waals surface area (Å²) in [6.45, 7) is 0. The van der Waals surface area contributed by atoms with Gasteiger partial charge in [-0.1, -0.05) is 24.3 Å². The Balaban J connectivity index is 1.60. The first-order valence-electron chi connectivity index (χ1n) is 8.90. The van der Waals surface area contributed by atoms with Crippen molar-refractivity contribution in [3.63, 3.8) is 0 Å². The van der Waals surface area contributed by atoms with Crippen molar-refractivity contribution < 1.29 is 9.53 Å². The van der Waals surface area contributed by atoms with E-state index in [9.17, 15) is 10.1 Å². The molecule has 4 rings (SSSR count). The highest BCUT2D eigenvalue weighted by molar-refractivity contribution is 6.10. The van der Waals surface area contributed by atoms with Crippen molar-refractivity contribution in [2.45, 2.75) is 0 Å². The van der Waals surface area contributed by atoms with Crippen LogP contribution in [-0.4, -0.2) is 23.0 Å². The zero-order chi connectivity index (χ0) is 20.2. The summed E-state index contributed by atoms with van der Waals surface area (Å²) in [5.41, 5.74) is 4.26. The first-order valence-corrected chi connectivity index (χ1v) is 8.90. The Morgan fingerprint density at radius 2 is 1.62 bits per heavy atom. The second kappa shape index (κ2) is 7.79. The van der Waals surface area contributed by atoms with Crippen LogP contribution in [0.5, 0.6) is 5.75 Å². The highest BCUT2D eigenvalue weighted by atomic mass is 16.5. The van der Waals surface area contributed by atoms with Gasteiger partial charge in [0.2, 0.25) is 0 Å². The molecule has 0 aliphatic carbocycles. The average molecular weight is 380 g/mol. The van der Waals surface area contributed by atoms with E-state index in [1.807, 2.05) is 30.3 Å². The van der Waals surface area contributed by atoms with E-state index in [1.54, 1.807) is 49.6 Å². The molecule has 6 nitrogen and oxygen atoms in total. The first kappa shape index (κ1) is 18.1. The molecule has 0 bridgehead atoms. The molecule has 1 heterocycles. The van der Waals surface area contributed by atoms with Crippen molar-refractivity contribution in [2.24, 2.45) is 0 Å². The lowest BCUT2D eigenvalue weighted by Gasteiger charge is -2.06. The molecule has 0 aliphatic heterocycles. The van der Waals surface area contributed by atoms with Crippen LogP contribution in [0, 0.1) is 11.3 Å². The predicted octanol–water partition coefficient (Wildman–Crippen LogP) is 4.34. The van der Waals surface area contributed by atoms with Crippen molar-refractivity contribution >= 4 is 39.7 Å². The number of carbonyl (C=O) groups excluding carboxylic acids is 1. The smallest absolute Gasteiger partial charge is 0.266 e. The van der Waals surface area contributed by atoms with Gasteiger partial charge in [-0.15, -0.1) is 0 Å². The second-order valence-electron chi connectivity index (χ2n) is 6.31. The second-order valence-corrected chi connectivity index (χ2v) is 6.31. The molecule has 4 aromatic rings. The maximum atomic E-state index is 12.6. The van der Waals surface area contributed by atoms with Gasteiger partial charge in [0.15, 0.2) is 0 Å². The molecular formula is C23H16N4O2. The van der Waals surface area contributed by atoms with Crippen molar-refractivity contribution in [2.75, 3.05) is 12.4 Å². The molecule has 0 saturated carbocycles. The van der Waals surface area contributed by atoms with Gasteiger partial charge < -0.3 is 10.1 Å². The van der Waals surface area contributed by atoms with Gasteiger partial charge in [-0.2, -0.15) is 5.26 Å². The van der Waals surface area contributed by atoms with Crippen molar-refractivity contribution in [1.29, 1.82) is 5.26 Å². The van der Waals surface area contributed by atoms with Crippen LogP contribution in [0.3, 0.4) is 0 Å². The molecule has 0 saturated heterocycles. The summed E-state index contributed by atoms with van der Waals surface area (Å²) in [6, 6.07) is 21.9. The highest BCUT2D eigenvalue weighted by Gasteiger charge is 2.11. The van der Waals surface area contributed by atoms with Crippen LogP contribution in [0.15, 0.2) is 72.3 Å². The summed E-state index contributed by atoms with van der Waals surface area (Å²) in [7, 11) is 1.58. The minimum atomic E-state index is -0.489. The minimum Gasteiger partial charge on any atom is -0.497 e. The molecule has 1 N–H and O–H groups in total. The normalized spacial score (nSPS) is 11.2. The maximum Gasteiger partial charge on any atom is 0.266 e. The third-order valence-electron chi connectivity index (χ3n) is 4.39. The van der Waals surface area contributed by atoms with E-state index >= 15 is 0 Å². The van der Waals surface area contributed by atoms with Gasteiger partial charge in [-0.3, -0.25) is 4.79 Å². The number of rotatable bonds is 4. The zero-order valence-electron chi connectivity index (χ0n) is 15.6. The Morgan fingerprint density at radius 1 is 0.966 bits per heavy atom. The summed E-state index contributed by atoms with van der Waals surface area (Å²) in [5, 5.41) is 12.2. The number of nitrogens with zero attached hydrogens (tertiary/aromatic N) is 3.